The molecule has 2 aliphatic rings. The number of hydrogen-bond acceptors (Lipinski definition) is 4. The zero-order chi connectivity index (χ0) is 17.8. The molecule has 0 unspecified atom stereocenters. The molecule has 1 aliphatic heterocycles. The maximum absolute atomic E-state index is 12.5. The predicted molar refractivity (Wildman–Crippen MR) is 99.4 cm³/mol. The highest BCUT2D eigenvalue weighted by Gasteiger charge is 2.30. The second kappa shape index (κ2) is 8.15. The van der Waals surface area contributed by atoms with E-state index in [0.29, 0.717) is 18.1 Å². The van der Waals surface area contributed by atoms with Crippen molar-refractivity contribution in [1.82, 2.24) is 25.0 Å². The predicted octanol–water partition coefficient (Wildman–Crippen LogP) is 1.95. The van der Waals surface area contributed by atoms with Crippen LogP contribution in [0.5, 0.6) is 0 Å². The number of hydrogen-bond donors (Lipinski definition) is 1. The summed E-state index contributed by atoms with van der Waals surface area (Å²) in [5.74, 6) is 0. The Morgan fingerprint density at radius 2 is 2.00 bits per heavy atom. The molecule has 3 atom stereocenters. The molecule has 6 heteroatoms. The quantitative estimate of drug-likeness (QED) is 0.906. The molecule has 1 aromatic rings. The van der Waals surface area contributed by atoms with Crippen LogP contribution in [0.4, 0.5) is 4.79 Å². The van der Waals surface area contributed by atoms with Crippen LogP contribution in [0, 0.1) is 0 Å². The van der Waals surface area contributed by atoms with Crippen LogP contribution in [0.3, 0.4) is 0 Å². The number of nitrogens with zero attached hydrogens (tertiary/aromatic N) is 4. The Labute approximate surface area is 151 Å². The molecular formula is C19H31N5O. The van der Waals surface area contributed by atoms with E-state index in [-0.39, 0.29) is 6.03 Å². The average molecular weight is 345 g/mol. The summed E-state index contributed by atoms with van der Waals surface area (Å²) in [6.45, 7) is 5.56. The number of rotatable bonds is 4. The minimum atomic E-state index is 0.106. The molecule has 1 aromatic heterocycles. The van der Waals surface area contributed by atoms with Crippen LogP contribution >= 0.6 is 0 Å². The lowest BCUT2D eigenvalue weighted by molar-refractivity contribution is 0.111. The Kier molecular flexibility index (Phi) is 5.91. The van der Waals surface area contributed by atoms with Gasteiger partial charge in [0.2, 0.25) is 0 Å². The van der Waals surface area contributed by atoms with Gasteiger partial charge in [-0.3, -0.25) is 9.88 Å². The first-order valence-corrected chi connectivity index (χ1v) is 9.41. The number of pyridine rings is 1. The minimum absolute atomic E-state index is 0.106. The van der Waals surface area contributed by atoms with E-state index in [0.717, 1.165) is 44.7 Å². The Bertz CT molecular complexity index is 556. The number of urea groups is 1. The largest absolute Gasteiger partial charge is 0.335 e. The molecule has 1 N–H and O–H groups in total. The monoisotopic (exact) mass is 345 g/mol. The highest BCUT2D eigenvalue weighted by molar-refractivity contribution is 5.74. The normalized spacial score (nSPS) is 26.0. The number of carbonyl (C=O) groups is 1. The van der Waals surface area contributed by atoms with Crippen molar-refractivity contribution < 1.29 is 4.79 Å². The van der Waals surface area contributed by atoms with Crippen molar-refractivity contribution in [2.24, 2.45) is 0 Å². The van der Waals surface area contributed by atoms with Gasteiger partial charge in [0.05, 0.1) is 5.69 Å². The van der Waals surface area contributed by atoms with Crippen molar-refractivity contribution in [3.05, 3.63) is 30.1 Å². The molecule has 0 aromatic carbocycles. The van der Waals surface area contributed by atoms with Gasteiger partial charge in [0.25, 0.3) is 0 Å². The standard InChI is InChI=1S/C19H31N5O/c1-15(18-6-4-5-9-20-18)23-10-12-24(13-11-23)19(25)21-16-7-8-17(14-16)22(2)3/h4-6,9,15-17H,7-8,10-14H2,1-3H3,(H,21,25)/t15-,16+,17+/m1/s1. The molecule has 0 radical (unpaired) electrons. The van der Waals surface area contributed by atoms with Gasteiger partial charge in [0.15, 0.2) is 0 Å². The Balaban J connectivity index is 1.45. The summed E-state index contributed by atoms with van der Waals surface area (Å²) in [7, 11) is 4.24. The fourth-order valence-electron chi connectivity index (χ4n) is 3.95. The molecule has 25 heavy (non-hydrogen) atoms. The Morgan fingerprint density at radius 1 is 1.24 bits per heavy atom. The lowest BCUT2D eigenvalue weighted by atomic mass is 10.1. The molecule has 3 rings (SSSR count). The van der Waals surface area contributed by atoms with Crippen molar-refractivity contribution in [3.63, 3.8) is 0 Å². The fraction of sp³-hybridized carbons (Fsp3) is 0.684. The van der Waals surface area contributed by atoms with Gasteiger partial charge in [-0.1, -0.05) is 6.07 Å². The van der Waals surface area contributed by atoms with Crippen LogP contribution in [0.1, 0.15) is 37.9 Å². The van der Waals surface area contributed by atoms with Gasteiger partial charge in [-0.05, 0) is 52.4 Å². The average Bonchev–Trinajstić information content (AvgIpc) is 3.11. The van der Waals surface area contributed by atoms with Gasteiger partial charge in [0.1, 0.15) is 0 Å². The molecule has 1 saturated heterocycles. The van der Waals surface area contributed by atoms with Gasteiger partial charge in [-0.2, -0.15) is 0 Å². The Morgan fingerprint density at radius 3 is 2.60 bits per heavy atom. The van der Waals surface area contributed by atoms with Crippen LogP contribution in [0.2, 0.25) is 0 Å². The molecule has 0 spiro atoms. The highest BCUT2D eigenvalue weighted by Crippen LogP contribution is 2.23. The van der Waals surface area contributed by atoms with Crippen LogP contribution in [0.25, 0.3) is 0 Å². The topological polar surface area (TPSA) is 51.7 Å². The first kappa shape index (κ1) is 18.1. The van der Waals surface area contributed by atoms with Crippen molar-refractivity contribution >= 4 is 6.03 Å². The first-order chi connectivity index (χ1) is 12.0. The van der Waals surface area contributed by atoms with Gasteiger partial charge in [0, 0.05) is 50.5 Å². The summed E-state index contributed by atoms with van der Waals surface area (Å²) in [4.78, 5) is 23.6. The van der Waals surface area contributed by atoms with E-state index in [1.54, 1.807) is 0 Å². The number of aromatic nitrogens is 1. The number of nitrogens with one attached hydrogen (secondary N) is 1. The van der Waals surface area contributed by atoms with Gasteiger partial charge >= 0.3 is 6.03 Å². The van der Waals surface area contributed by atoms with Crippen molar-refractivity contribution in [2.45, 2.75) is 44.3 Å². The third-order valence-electron chi connectivity index (χ3n) is 5.73. The van der Waals surface area contributed by atoms with Gasteiger partial charge in [-0.25, -0.2) is 4.79 Å². The van der Waals surface area contributed by atoms with E-state index >= 15 is 0 Å². The molecule has 0 bridgehead atoms. The molecule has 2 amide bonds. The van der Waals surface area contributed by atoms with Crippen LogP contribution in [-0.2, 0) is 0 Å². The number of piperazine rings is 1. The number of amides is 2. The molecule has 2 fully saturated rings. The van der Waals surface area contributed by atoms with E-state index in [2.05, 4.69) is 47.2 Å². The van der Waals surface area contributed by atoms with Crippen LogP contribution < -0.4 is 5.32 Å². The van der Waals surface area contributed by atoms with E-state index in [1.165, 1.54) is 6.42 Å². The SMILES string of the molecule is C[C@H](c1ccccn1)N1CCN(C(=O)N[C@H]2CC[C@H](N(C)C)C2)CC1. The zero-order valence-electron chi connectivity index (χ0n) is 15.7. The van der Waals surface area contributed by atoms with Crippen molar-refractivity contribution in [3.8, 4) is 0 Å². The third-order valence-corrected chi connectivity index (χ3v) is 5.73. The maximum Gasteiger partial charge on any atom is 0.317 e. The summed E-state index contributed by atoms with van der Waals surface area (Å²) in [5, 5.41) is 3.24. The fourth-order valence-corrected chi connectivity index (χ4v) is 3.95. The minimum Gasteiger partial charge on any atom is -0.335 e. The van der Waals surface area contributed by atoms with Gasteiger partial charge in [-0.15, -0.1) is 0 Å². The number of carbonyl (C=O) groups excluding carboxylic acids is 1. The lowest BCUT2D eigenvalue weighted by Crippen LogP contribution is -2.53. The van der Waals surface area contributed by atoms with Gasteiger partial charge < -0.3 is 15.1 Å². The second-order valence-electron chi connectivity index (χ2n) is 7.53. The maximum atomic E-state index is 12.5. The molecule has 138 valence electrons. The third kappa shape index (κ3) is 4.50. The zero-order valence-corrected chi connectivity index (χ0v) is 15.7. The van der Waals surface area contributed by atoms with Crippen molar-refractivity contribution in [1.29, 1.82) is 0 Å². The smallest absolute Gasteiger partial charge is 0.317 e. The molecular weight excluding hydrogens is 314 g/mol. The summed E-state index contributed by atoms with van der Waals surface area (Å²) in [6, 6.07) is 7.38. The lowest BCUT2D eigenvalue weighted by Gasteiger charge is -2.38. The summed E-state index contributed by atoms with van der Waals surface area (Å²) in [5.41, 5.74) is 1.10. The molecule has 1 aliphatic carbocycles. The van der Waals surface area contributed by atoms with E-state index in [1.807, 2.05) is 23.2 Å². The van der Waals surface area contributed by atoms with E-state index in [9.17, 15) is 4.79 Å². The molecule has 2 heterocycles. The highest BCUT2D eigenvalue weighted by atomic mass is 16.2. The van der Waals surface area contributed by atoms with Crippen molar-refractivity contribution in [2.75, 3.05) is 40.3 Å². The summed E-state index contributed by atoms with van der Waals surface area (Å²) < 4.78 is 0. The summed E-state index contributed by atoms with van der Waals surface area (Å²) in [6.07, 6.45) is 5.17. The van der Waals surface area contributed by atoms with E-state index < -0.39 is 0 Å². The van der Waals surface area contributed by atoms with Crippen LogP contribution in [-0.4, -0.2) is 78.1 Å². The Hall–Kier alpha value is -1.66. The molecule has 6 nitrogen and oxygen atoms in total. The van der Waals surface area contributed by atoms with E-state index in [4.69, 9.17) is 0 Å². The first-order valence-electron chi connectivity index (χ1n) is 9.41. The summed E-state index contributed by atoms with van der Waals surface area (Å²) >= 11 is 0. The second-order valence-corrected chi connectivity index (χ2v) is 7.53. The molecule has 1 saturated carbocycles. The van der Waals surface area contributed by atoms with Crippen LogP contribution in [0.15, 0.2) is 24.4 Å².